The minimum absolute atomic E-state index is 0.0550. The number of hydrogen-bond donors (Lipinski definition) is 1. The molecule has 2 nitrogen and oxygen atoms in total. The Morgan fingerprint density at radius 1 is 1.16 bits per heavy atom. The second-order valence-corrected chi connectivity index (χ2v) is 4.59. The predicted molar refractivity (Wildman–Crippen MR) is 71.3 cm³/mol. The highest BCUT2D eigenvalue weighted by atomic mass is 35.5. The minimum Gasteiger partial charge on any atom is -0.486 e. The van der Waals surface area contributed by atoms with Crippen LogP contribution < -0.4 is 10.5 Å². The average molecular weight is 284 g/mol. The lowest BCUT2D eigenvalue weighted by Crippen LogP contribution is -2.01. The summed E-state index contributed by atoms with van der Waals surface area (Å²) >= 11 is 6.02. The van der Waals surface area contributed by atoms with Crippen LogP contribution in [0.5, 0.6) is 5.75 Å². The highest BCUT2D eigenvalue weighted by molar-refractivity contribution is 6.31. The van der Waals surface area contributed by atoms with Gasteiger partial charge in [-0.25, -0.2) is 8.78 Å². The van der Waals surface area contributed by atoms with E-state index in [9.17, 15) is 8.78 Å². The largest absolute Gasteiger partial charge is 0.486 e. The van der Waals surface area contributed by atoms with Gasteiger partial charge in [-0.3, -0.25) is 0 Å². The van der Waals surface area contributed by atoms with E-state index in [-0.39, 0.29) is 18.0 Å². The van der Waals surface area contributed by atoms with Crippen molar-refractivity contribution in [1.82, 2.24) is 0 Å². The number of benzene rings is 2. The molecular weight excluding hydrogens is 272 g/mol. The Kier molecular flexibility index (Phi) is 3.90. The van der Waals surface area contributed by atoms with Crippen LogP contribution in [0.1, 0.15) is 11.1 Å². The maximum atomic E-state index is 13.5. The molecule has 0 saturated heterocycles. The summed E-state index contributed by atoms with van der Waals surface area (Å²) in [6, 6.07) is 7.24. The first kappa shape index (κ1) is 13.6. The first-order chi connectivity index (χ1) is 8.97. The van der Waals surface area contributed by atoms with Crippen molar-refractivity contribution in [1.29, 1.82) is 0 Å². The SMILES string of the molecule is Cc1ccc(COc2cc(F)c(N)cc2F)c(Cl)c1. The topological polar surface area (TPSA) is 35.2 Å². The molecule has 0 aliphatic carbocycles. The van der Waals surface area contributed by atoms with E-state index in [0.29, 0.717) is 10.6 Å². The van der Waals surface area contributed by atoms with Gasteiger partial charge in [0.1, 0.15) is 12.4 Å². The van der Waals surface area contributed by atoms with Gasteiger partial charge in [0.2, 0.25) is 0 Å². The van der Waals surface area contributed by atoms with Crippen LogP contribution >= 0.6 is 11.6 Å². The molecule has 0 aliphatic rings. The van der Waals surface area contributed by atoms with E-state index in [1.165, 1.54) is 0 Å². The monoisotopic (exact) mass is 283 g/mol. The van der Waals surface area contributed by atoms with Gasteiger partial charge in [0.25, 0.3) is 0 Å². The molecule has 0 amide bonds. The van der Waals surface area contributed by atoms with Gasteiger partial charge in [0, 0.05) is 22.7 Å². The van der Waals surface area contributed by atoms with Crippen LogP contribution in [0.2, 0.25) is 5.02 Å². The van der Waals surface area contributed by atoms with Crippen molar-refractivity contribution in [3.63, 3.8) is 0 Å². The molecule has 0 radical (unpaired) electrons. The Bertz CT molecular complexity index is 617. The van der Waals surface area contributed by atoms with Crippen LogP contribution in [0, 0.1) is 18.6 Å². The highest BCUT2D eigenvalue weighted by Gasteiger charge is 2.10. The molecule has 2 aromatic rings. The van der Waals surface area contributed by atoms with Crippen molar-refractivity contribution in [3.8, 4) is 5.75 Å². The van der Waals surface area contributed by atoms with Gasteiger partial charge in [-0.15, -0.1) is 0 Å². The fourth-order valence-electron chi connectivity index (χ4n) is 1.58. The van der Waals surface area contributed by atoms with Gasteiger partial charge in [0.05, 0.1) is 5.69 Å². The third-order valence-corrected chi connectivity index (χ3v) is 2.99. The van der Waals surface area contributed by atoms with Crippen molar-refractivity contribution in [2.75, 3.05) is 5.73 Å². The summed E-state index contributed by atoms with van der Waals surface area (Å²) in [5.74, 6) is -1.61. The van der Waals surface area contributed by atoms with E-state index in [1.807, 2.05) is 13.0 Å². The molecule has 100 valence electrons. The number of nitrogen functional groups attached to an aromatic ring is 1. The Morgan fingerprint density at radius 3 is 2.58 bits per heavy atom. The van der Waals surface area contributed by atoms with E-state index < -0.39 is 11.6 Å². The van der Waals surface area contributed by atoms with Crippen molar-refractivity contribution in [2.45, 2.75) is 13.5 Å². The number of hydrogen-bond acceptors (Lipinski definition) is 2. The Balaban J connectivity index is 2.16. The second kappa shape index (κ2) is 5.45. The lowest BCUT2D eigenvalue weighted by atomic mass is 10.1. The van der Waals surface area contributed by atoms with E-state index in [2.05, 4.69) is 0 Å². The number of rotatable bonds is 3. The van der Waals surface area contributed by atoms with Crippen molar-refractivity contribution >= 4 is 17.3 Å². The van der Waals surface area contributed by atoms with Crippen molar-refractivity contribution in [3.05, 3.63) is 58.1 Å². The first-order valence-electron chi connectivity index (χ1n) is 5.59. The third-order valence-electron chi connectivity index (χ3n) is 2.64. The predicted octanol–water partition coefficient (Wildman–Crippen LogP) is 4.09. The van der Waals surface area contributed by atoms with Gasteiger partial charge in [-0.2, -0.15) is 0 Å². The molecular formula is C14H12ClF2NO. The molecule has 0 unspecified atom stereocenters. The molecule has 2 rings (SSSR count). The zero-order chi connectivity index (χ0) is 14.0. The summed E-state index contributed by atoms with van der Waals surface area (Å²) in [6.07, 6.45) is 0. The molecule has 2 N–H and O–H groups in total. The fourth-order valence-corrected chi connectivity index (χ4v) is 1.87. The number of nitrogens with two attached hydrogens (primary N) is 1. The van der Waals surface area contributed by atoms with Crippen LogP contribution in [0.4, 0.5) is 14.5 Å². The molecule has 0 heterocycles. The van der Waals surface area contributed by atoms with Crippen LogP contribution in [-0.4, -0.2) is 0 Å². The molecule has 0 spiro atoms. The zero-order valence-electron chi connectivity index (χ0n) is 10.2. The highest BCUT2D eigenvalue weighted by Crippen LogP contribution is 2.25. The van der Waals surface area contributed by atoms with Gasteiger partial charge in [0.15, 0.2) is 11.6 Å². The fraction of sp³-hybridized carbons (Fsp3) is 0.143. The standard InChI is InChI=1S/C14H12ClF2NO/c1-8-2-3-9(10(15)4-8)7-19-14-6-11(16)13(18)5-12(14)17/h2-6H,7,18H2,1H3. The average Bonchev–Trinajstić information content (AvgIpc) is 2.34. The summed E-state index contributed by atoms with van der Waals surface area (Å²) in [6.45, 7) is 1.96. The normalized spacial score (nSPS) is 10.5. The second-order valence-electron chi connectivity index (χ2n) is 4.19. The molecule has 5 heteroatoms. The van der Waals surface area contributed by atoms with Crippen LogP contribution in [0.3, 0.4) is 0 Å². The molecule has 0 atom stereocenters. The van der Waals surface area contributed by atoms with Crippen molar-refractivity contribution in [2.24, 2.45) is 0 Å². The van der Waals surface area contributed by atoms with E-state index in [4.69, 9.17) is 22.1 Å². The van der Waals surface area contributed by atoms with E-state index in [0.717, 1.165) is 17.7 Å². The Hall–Kier alpha value is -1.81. The molecule has 2 aromatic carbocycles. The number of aryl methyl sites for hydroxylation is 1. The van der Waals surface area contributed by atoms with Gasteiger partial charge in [-0.1, -0.05) is 23.7 Å². The summed E-state index contributed by atoms with van der Waals surface area (Å²) < 4.78 is 31.9. The molecule has 19 heavy (non-hydrogen) atoms. The van der Waals surface area contributed by atoms with E-state index >= 15 is 0 Å². The van der Waals surface area contributed by atoms with Crippen LogP contribution in [-0.2, 0) is 6.61 Å². The summed E-state index contributed by atoms with van der Waals surface area (Å²) in [7, 11) is 0. The number of ether oxygens (including phenoxy) is 1. The zero-order valence-corrected chi connectivity index (χ0v) is 11.0. The maximum absolute atomic E-state index is 13.5. The number of anilines is 1. The molecule has 0 fully saturated rings. The molecule has 0 aromatic heterocycles. The smallest absolute Gasteiger partial charge is 0.167 e. The van der Waals surface area contributed by atoms with E-state index in [1.54, 1.807) is 12.1 Å². The summed E-state index contributed by atoms with van der Waals surface area (Å²) in [5, 5.41) is 0.524. The van der Waals surface area contributed by atoms with Gasteiger partial charge >= 0.3 is 0 Å². The molecule has 0 saturated carbocycles. The summed E-state index contributed by atoms with van der Waals surface area (Å²) in [4.78, 5) is 0. The van der Waals surface area contributed by atoms with Gasteiger partial charge in [-0.05, 0) is 18.6 Å². The first-order valence-corrected chi connectivity index (χ1v) is 5.97. The Labute approximate surface area is 114 Å². The quantitative estimate of drug-likeness (QED) is 0.861. The van der Waals surface area contributed by atoms with Crippen LogP contribution in [0.15, 0.2) is 30.3 Å². The van der Waals surface area contributed by atoms with Gasteiger partial charge < -0.3 is 10.5 Å². The van der Waals surface area contributed by atoms with Crippen molar-refractivity contribution < 1.29 is 13.5 Å². The maximum Gasteiger partial charge on any atom is 0.167 e. The Morgan fingerprint density at radius 2 is 1.89 bits per heavy atom. The molecule has 0 bridgehead atoms. The third kappa shape index (κ3) is 3.15. The lowest BCUT2D eigenvalue weighted by molar-refractivity contribution is 0.288. The number of halogens is 3. The van der Waals surface area contributed by atoms with Crippen LogP contribution in [0.25, 0.3) is 0 Å². The molecule has 0 aliphatic heterocycles. The minimum atomic E-state index is -0.716. The summed E-state index contributed by atoms with van der Waals surface area (Å²) in [5.41, 5.74) is 6.70. The lowest BCUT2D eigenvalue weighted by Gasteiger charge is -2.10.